The molecular formula is C12H16N2O. The van der Waals surface area contributed by atoms with E-state index in [0.29, 0.717) is 6.54 Å². The zero-order chi connectivity index (χ0) is 10.8. The average molecular weight is 204 g/mol. The maximum absolute atomic E-state index is 8.94. The van der Waals surface area contributed by atoms with E-state index in [4.69, 9.17) is 5.11 Å². The number of aliphatic hydroxyl groups excluding tert-OH is 1. The van der Waals surface area contributed by atoms with Crippen LogP contribution in [0.15, 0.2) is 24.4 Å². The predicted molar refractivity (Wildman–Crippen MR) is 63.4 cm³/mol. The van der Waals surface area contributed by atoms with Crippen molar-refractivity contribution in [1.82, 2.24) is 4.98 Å². The molecular weight excluding hydrogens is 188 g/mol. The van der Waals surface area contributed by atoms with Crippen molar-refractivity contribution < 1.29 is 5.11 Å². The van der Waals surface area contributed by atoms with Gasteiger partial charge in [0.15, 0.2) is 0 Å². The van der Waals surface area contributed by atoms with Crippen LogP contribution < -0.4 is 4.90 Å². The lowest BCUT2D eigenvalue weighted by Gasteiger charge is -2.19. The van der Waals surface area contributed by atoms with Crippen molar-refractivity contribution in [3.8, 4) is 0 Å². The molecule has 2 aromatic rings. The third-order valence-electron chi connectivity index (χ3n) is 2.63. The lowest BCUT2D eigenvalue weighted by molar-refractivity contribution is 0.304. The maximum Gasteiger partial charge on any atom is 0.0691 e. The molecule has 0 unspecified atom stereocenters. The van der Waals surface area contributed by atoms with E-state index in [1.165, 1.54) is 10.9 Å². The Morgan fingerprint density at radius 1 is 1.40 bits per heavy atom. The van der Waals surface area contributed by atoms with E-state index in [9.17, 15) is 0 Å². The highest BCUT2D eigenvalue weighted by Gasteiger charge is 2.07. The molecule has 15 heavy (non-hydrogen) atoms. The number of aliphatic hydroxyl groups is 1. The minimum Gasteiger partial charge on any atom is -0.395 e. The molecule has 0 fully saturated rings. The molecule has 3 nitrogen and oxygen atoms in total. The largest absolute Gasteiger partial charge is 0.395 e. The van der Waals surface area contributed by atoms with Crippen LogP contribution in [0, 0.1) is 6.92 Å². The van der Waals surface area contributed by atoms with E-state index in [0.717, 1.165) is 11.2 Å². The monoisotopic (exact) mass is 204 g/mol. The number of benzene rings is 1. The first-order chi connectivity index (χ1) is 7.22. The smallest absolute Gasteiger partial charge is 0.0691 e. The van der Waals surface area contributed by atoms with Crippen LogP contribution in [0.3, 0.4) is 0 Å². The summed E-state index contributed by atoms with van der Waals surface area (Å²) in [6, 6.07) is 6.36. The van der Waals surface area contributed by atoms with E-state index < -0.39 is 0 Å². The van der Waals surface area contributed by atoms with E-state index in [1.54, 1.807) is 0 Å². The third kappa shape index (κ3) is 1.83. The Balaban J connectivity index is 2.52. The first kappa shape index (κ1) is 10.1. The fourth-order valence-corrected chi connectivity index (χ4v) is 1.87. The molecule has 2 N–H and O–H groups in total. The number of H-pyrrole nitrogens is 1. The molecule has 1 aromatic heterocycles. The van der Waals surface area contributed by atoms with Crippen LogP contribution in [0.1, 0.15) is 5.56 Å². The molecule has 0 spiro atoms. The van der Waals surface area contributed by atoms with Gasteiger partial charge in [0.05, 0.1) is 17.8 Å². The van der Waals surface area contributed by atoms with Gasteiger partial charge in [-0.05, 0) is 30.7 Å². The first-order valence-corrected chi connectivity index (χ1v) is 5.12. The van der Waals surface area contributed by atoms with Gasteiger partial charge >= 0.3 is 0 Å². The molecule has 0 radical (unpaired) electrons. The summed E-state index contributed by atoms with van der Waals surface area (Å²) in [4.78, 5) is 5.29. The number of fused-ring (bicyclic) bond motifs is 1. The zero-order valence-corrected chi connectivity index (χ0v) is 9.12. The molecule has 0 atom stereocenters. The summed E-state index contributed by atoms with van der Waals surface area (Å²) in [7, 11) is 1.99. The van der Waals surface area contributed by atoms with Gasteiger partial charge in [0.1, 0.15) is 0 Å². The summed E-state index contributed by atoms with van der Waals surface area (Å²) in [6.45, 7) is 2.91. The molecule has 0 saturated heterocycles. The number of aryl methyl sites for hydroxylation is 1. The number of aromatic nitrogens is 1. The second-order valence-corrected chi connectivity index (χ2v) is 3.87. The van der Waals surface area contributed by atoms with Gasteiger partial charge < -0.3 is 15.0 Å². The predicted octanol–water partition coefficient (Wildman–Crippen LogP) is 1.90. The Hall–Kier alpha value is -1.48. The molecule has 0 aliphatic carbocycles. The Bertz CT molecular complexity index is 462. The van der Waals surface area contributed by atoms with Gasteiger partial charge in [0.25, 0.3) is 0 Å². The first-order valence-electron chi connectivity index (χ1n) is 5.12. The summed E-state index contributed by atoms with van der Waals surface area (Å²) in [6.07, 6.45) is 1.94. The van der Waals surface area contributed by atoms with Crippen molar-refractivity contribution in [2.24, 2.45) is 0 Å². The molecule has 0 amide bonds. The molecule has 0 aliphatic heterocycles. The minimum absolute atomic E-state index is 0.173. The lowest BCUT2D eigenvalue weighted by atomic mass is 10.1. The summed E-state index contributed by atoms with van der Waals surface area (Å²) in [5.74, 6) is 0. The van der Waals surface area contributed by atoms with E-state index in [2.05, 4.69) is 35.0 Å². The lowest BCUT2D eigenvalue weighted by Crippen LogP contribution is -2.21. The number of nitrogens with zero attached hydrogens (tertiary/aromatic N) is 1. The fraction of sp³-hybridized carbons (Fsp3) is 0.333. The molecule has 3 heteroatoms. The molecule has 0 aliphatic rings. The Morgan fingerprint density at radius 2 is 2.20 bits per heavy atom. The van der Waals surface area contributed by atoms with Crippen LogP contribution in [0.2, 0.25) is 0 Å². The Morgan fingerprint density at radius 3 is 2.93 bits per heavy atom. The van der Waals surface area contributed by atoms with Crippen LogP contribution >= 0.6 is 0 Å². The van der Waals surface area contributed by atoms with Gasteiger partial charge in [-0.2, -0.15) is 0 Å². The molecule has 2 rings (SSSR count). The van der Waals surface area contributed by atoms with Crippen molar-refractivity contribution in [2.75, 3.05) is 25.1 Å². The summed E-state index contributed by atoms with van der Waals surface area (Å²) < 4.78 is 0. The van der Waals surface area contributed by atoms with Crippen LogP contribution in [0.25, 0.3) is 10.9 Å². The Kier molecular flexibility index (Phi) is 2.64. The summed E-state index contributed by atoms with van der Waals surface area (Å²) >= 11 is 0. The second kappa shape index (κ2) is 3.95. The molecule has 0 bridgehead atoms. The summed E-state index contributed by atoms with van der Waals surface area (Å²) in [5.41, 5.74) is 3.52. The van der Waals surface area contributed by atoms with Crippen molar-refractivity contribution in [3.05, 3.63) is 30.0 Å². The zero-order valence-electron chi connectivity index (χ0n) is 9.12. The molecule has 1 heterocycles. The van der Waals surface area contributed by atoms with Crippen LogP contribution in [0.4, 0.5) is 5.69 Å². The van der Waals surface area contributed by atoms with Crippen LogP contribution in [0.5, 0.6) is 0 Å². The van der Waals surface area contributed by atoms with Gasteiger partial charge in [-0.3, -0.25) is 0 Å². The van der Waals surface area contributed by atoms with E-state index in [1.807, 2.05) is 13.2 Å². The van der Waals surface area contributed by atoms with Gasteiger partial charge in [0, 0.05) is 25.2 Å². The maximum atomic E-state index is 8.94. The molecule has 0 saturated carbocycles. The number of likely N-dealkylation sites (N-methyl/N-ethyl adjacent to an activating group) is 1. The van der Waals surface area contributed by atoms with Gasteiger partial charge in [-0.25, -0.2) is 0 Å². The van der Waals surface area contributed by atoms with Crippen molar-refractivity contribution in [3.63, 3.8) is 0 Å². The number of aromatic amines is 1. The highest BCUT2D eigenvalue weighted by molar-refractivity contribution is 5.92. The van der Waals surface area contributed by atoms with Crippen LogP contribution in [-0.2, 0) is 0 Å². The van der Waals surface area contributed by atoms with Crippen molar-refractivity contribution in [1.29, 1.82) is 0 Å². The highest BCUT2D eigenvalue weighted by Crippen LogP contribution is 2.26. The molecule has 80 valence electrons. The van der Waals surface area contributed by atoms with Crippen molar-refractivity contribution >= 4 is 16.6 Å². The number of hydrogen-bond donors (Lipinski definition) is 2. The number of rotatable bonds is 3. The number of nitrogens with one attached hydrogen (secondary N) is 1. The van der Waals surface area contributed by atoms with E-state index >= 15 is 0 Å². The van der Waals surface area contributed by atoms with Crippen LogP contribution in [-0.4, -0.2) is 30.3 Å². The SMILES string of the molecule is Cc1cc(N(C)CCO)c2[nH]ccc2c1. The minimum atomic E-state index is 0.173. The number of anilines is 1. The number of hydrogen-bond acceptors (Lipinski definition) is 2. The Labute approximate surface area is 89.3 Å². The highest BCUT2D eigenvalue weighted by atomic mass is 16.3. The normalized spacial score (nSPS) is 10.9. The van der Waals surface area contributed by atoms with Gasteiger partial charge in [-0.1, -0.05) is 0 Å². The average Bonchev–Trinajstić information content (AvgIpc) is 2.64. The fourth-order valence-electron chi connectivity index (χ4n) is 1.87. The van der Waals surface area contributed by atoms with Gasteiger partial charge in [0.2, 0.25) is 0 Å². The van der Waals surface area contributed by atoms with Gasteiger partial charge in [-0.15, -0.1) is 0 Å². The standard InChI is InChI=1S/C12H16N2O/c1-9-7-10-3-4-13-12(10)11(8-9)14(2)5-6-15/h3-4,7-8,13,15H,5-6H2,1-2H3. The van der Waals surface area contributed by atoms with E-state index in [-0.39, 0.29) is 6.61 Å². The third-order valence-corrected chi connectivity index (χ3v) is 2.63. The van der Waals surface area contributed by atoms with Crippen molar-refractivity contribution in [2.45, 2.75) is 6.92 Å². The topological polar surface area (TPSA) is 39.3 Å². The molecule has 1 aromatic carbocycles. The second-order valence-electron chi connectivity index (χ2n) is 3.87. The summed E-state index contributed by atoms with van der Waals surface area (Å²) in [5, 5.41) is 10.2. The quantitative estimate of drug-likeness (QED) is 0.801.